The third-order valence-electron chi connectivity index (χ3n) is 19.3. The van der Waals surface area contributed by atoms with Crippen molar-refractivity contribution in [1.82, 2.24) is 0 Å². The highest BCUT2D eigenvalue weighted by Gasteiger charge is 2.78. The molecule has 3 saturated carbocycles. The lowest BCUT2D eigenvalue weighted by molar-refractivity contribution is -0.287. The Balaban J connectivity index is 1.51. The molecule has 2 aliphatic heterocycles. The zero-order valence-electron chi connectivity index (χ0n) is 42.1. The molecule has 0 aromatic carbocycles. The predicted molar refractivity (Wildman–Crippen MR) is 253 cm³/mol. The highest BCUT2D eigenvalue weighted by Crippen LogP contribution is 2.72. The fourth-order valence-corrected chi connectivity index (χ4v) is 22.4. The molecule has 0 aromatic heterocycles. The number of Topliss-reactive ketones (excluding diaryl/α,β-unsaturated/α-hetero) is 1. The molecule has 6 aliphatic rings. The van der Waals surface area contributed by atoms with Gasteiger partial charge in [-0.05, 0) is 108 Å². The predicted octanol–water partition coefficient (Wildman–Crippen LogP) is 12.6. The lowest BCUT2D eigenvalue weighted by Crippen LogP contribution is -2.69. The summed E-state index contributed by atoms with van der Waals surface area (Å²) in [6, 6.07) is -0.688. The molecule has 0 unspecified atom stereocenters. The van der Waals surface area contributed by atoms with Gasteiger partial charge in [0.25, 0.3) is 0 Å². The summed E-state index contributed by atoms with van der Waals surface area (Å²) in [6.07, 6.45) is 5.00. The molecule has 61 heavy (non-hydrogen) atoms. The van der Waals surface area contributed by atoms with Gasteiger partial charge in [-0.1, -0.05) is 121 Å². The van der Waals surface area contributed by atoms with Crippen molar-refractivity contribution in [2.75, 3.05) is 6.61 Å². The lowest BCUT2D eigenvalue weighted by atomic mass is 9.43. The Morgan fingerprint density at radius 1 is 0.902 bits per heavy atom. The van der Waals surface area contributed by atoms with E-state index in [0.29, 0.717) is 48.9 Å². The molecular formula is C48H87N3O7Si3. The molecule has 13 heteroatoms. The van der Waals surface area contributed by atoms with Crippen LogP contribution < -0.4 is 0 Å². The summed E-state index contributed by atoms with van der Waals surface area (Å²) in [5.74, 6) is -1.19. The maximum atomic E-state index is 14.0. The molecule has 5 fully saturated rings. The first-order valence-electron chi connectivity index (χ1n) is 24.0. The summed E-state index contributed by atoms with van der Waals surface area (Å²) in [5.41, 5.74) is 9.08. The smallest absolute Gasteiger partial charge is 0.200 e. The average Bonchev–Trinajstić information content (AvgIpc) is 3.46. The van der Waals surface area contributed by atoms with E-state index in [1.54, 1.807) is 0 Å². The summed E-state index contributed by atoms with van der Waals surface area (Å²) >= 11 is 0. The van der Waals surface area contributed by atoms with Crippen LogP contribution in [0.5, 0.6) is 0 Å². The van der Waals surface area contributed by atoms with E-state index in [1.807, 2.05) is 0 Å². The molecule has 0 radical (unpaired) electrons. The number of hydrogen-bond acceptors (Lipinski definition) is 8. The van der Waals surface area contributed by atoms with Gasteiger partial charge in [0.15, 0.2) is 22.4 Å². The van der Waals surface area contributed by atoms with E-state index in [2.05, 4.69) is 153 Å². The molecule has 10 nitrogen and oxygen atoms in total. The number of carbonyl (C=O) groups excluding carboxylic acids is 1. The third-order valence-corrected chi connectivity index (χ3v) is 34.6. The quantitative estimate of drug-likeness (QED) is 0.0759. The number of rotatable bonds is 10. The van der Waals surface area contributed by atoms with Crippen LogP contribution in [-0.4, -0.2) is 83.8 Å². The molecule has 6 rings (SSSR count). The van der Waals surface area contributed by atoms with Gasteiger partial charge in [-0.15, -0.1) is 0 Å². The van der Waals surface area contributed by atoms with Crippen molar-refractivity contribution >= 4 is 30.7 Å². The molecule has 1 N–H and O–H groups in total. The Bertz CT molecular complexity index is 1750. The largest absolute Gasteiger partial charge is 0.413 e. The second-order valence-corrected chi connectivity index (χ2v) is 40.5. The Morgan fingerprint density at radius 2 is 1.48 bits per heavy atom. The van der Waals surface area contributed by atoms with E-state index in [-0.39, 0.29) is 57.2 Å². The van der Waals surface area contributed by atoms with Gasteiger partial charge in [-0.3, -0.25) is 4.79 Å². The monoisotopic (exact) mass is 902 g/mol. The molecule has 4 aliphatic carbocycles. The number of hydrogen-bond donors (Lipinski definition) is 1. The first-order valence-corrected chi connectivity index (χ1v) is 32.0. The van der Waals surface area contributed by atoms with Crippen LogP contribution >= 0.6 is 0 Å². The van der Waals surface area contributed by atoms with Crippen molar-refractivity contribution in [2.45, 2.75) is 244 Å². The van der Waals surface area contributed by atoms with Crippen LogP contribution in [0.2, 0.25) is 52.9 Å². The van der Waals surface area contributed by atoms with Crippen molar-refractivity contribution in [3.05, 3.63) is 22.1 Å². The molecule has 1 spiro atoms. The number of ketones is 1. The third kappa shape index (κ3) is 7.43. The molecule has 2 heterocycles. The van der Waals surface area contributed by atoms with Crippen LogP contribution in [0.4, 0.5) is 0 Å². The number of carbonyl (C=O) groups is 1. The van der Waals surface area contributed by atoms with E-state index in [9.17, 15) is 15.4 Å². The van der Waals surface area contributed by atoms with E-state index < -0.39 is 59.5 Å². The Kier molecular flexibility index (Phi) is 12.7. The maximum Gasteiger partial charge on any atom is 0.200 e. The van der Waals surface area contributed by atoms with Crippen LogP contribution in [0.3, 0.4) is 0 Å². The van der Waals surface area contributed by atoms with Crippen LogP contribution in [0.15, 0.2) is 16.8 Å². The zero-order chi connectivity index (χ0) is 46.1. The average molecular weight is 902 g/mol. The lowest BCUT2D eigenvalue weighted by Gasteiger charge is -2.65. The summed E-state index contributed by atoms with van der Waals surface area (Å²) in [5, 5.41) is 18.1. The summed E-state index contributed by atoms with van der Waals surface area (Å²) in [7, 11) is -6.95. The number of fused-ring (bicyclic) bond motifs is 7. The Morgan fingerprint density at radius 3 is 1.97 bits per heavy atom. The van der Waals surface area contributed by atoms with Crippen LogP contribution in [0, 0.1) is 34.5 Å². The van der Waals surface area contributed by atoms with Gasteiger partial charge in [0.1, 0.15) is 17.5 Å². The normalized spacial score (nSPS) is 42.0. The van der Waals surface area contributed by atoms with Crippen molar-refractivity contribution in [3.8, 4) is 0 Å². The fourth-order valence-electron chi connectivity index (χ4n) is 13.7. The van der Waals surface area contributed by atoms with E-state index in [1.165, 1.54) is 5.57 Å². The highest BCUT2D eigenvalue weighted by atomic mass is 28.4. The molecule has 2 saturated heterocycles. The van der Waals surface area contributed by atoms with Crippen LogP contribution in [0.1, 0.15) is 149 Å². The van der Waals surface area contributed by atoms with E-state index >= 15 is 0 Å². The molecular weight excluding hydrogens is 815 g/mol. The van der Waals surface area contributed by atoms with Gasteiger partial charge >= 0.3 is 0 Å². The number of aliphatic hydroxyl groups is 1. The molecule has 0 bridgehead atoms. The summed E-state index contributed by atoms with van der Waals surface area (Å²) < 4.78 is 37.0. The van der Waals surface area contributed by atoms with Gasteiger partial charge in [-0.25, -0.2) is 0 Å². The van der Waals surface area contributed by atoms with Crippen LogP contribution in [-0.2, 0) is 27.5 Å². The number of ether oxygens (including phenoxy) is 2. The van der Waals surface area contributed by atoms with E-state index in [4.69, 9.17) is 22.8 Å². The number of nitrogens with zero attached hydrogens (tertiary/aromatic N) is 3. The number of azide groups is 1. The molecule has 0 amide bonds. The van der Waals surface area contributed by atoms with Gasteiger partial charge in [0, 0.05) is 35.0 Å². The van der Waals surface area contributed by atoms with Crippen molar-refractivity contribution in [1.29, 1.82) is 0 Å². The first-order chi connectivity index (χ1) is 27.6. The minimum Gasteiger partial charge on any atom is -0.413 e. The Hall–Kier alpha value is -0.869. The van der Waals surface area contributed by atoms with Crippen molar-refractivity contribution in [2.24, 2.45) is 39.6 Å². The molecule has 13 atom stereocenters. The summed E-state index contributed by atoms with van der Waals surface area (Å²) in [6.45, 7) is 46.5. The van der Waals surface area contributed by atoms with Crippen LogP contribution in [0.25, 0.3) is 10.4 Å². The second-order valence-electron chi connectivity index (χ2n) is 25.6. The van der Waals surface area contributed by atoms with Gasteiger partial charge in [0.2, 0.25) is 8.32 Å². The Labute approximate surface area is 373 Å². The molecule has 0 aromatic rings. The van der Waals surface area contributed by atoms with E-state index in [0.717, 1.165) is 12.8 Å². The van der Waals surface area contributed by atoms with Crippen molar-refractivity contribution < 1.29 is 32.7 Å². The highest BCUT2D eigenvalue weighted by molar-refractivity contribution is 6.77. The van der Waals surface area contributed by atoms with Crippen molar-refractivity contribution in [3.63, 3.8) is 0 Å². The summed E-state index contributed by atoms with van der Waals surface area (Å²) in [4.78, 5) is 16.9. The topological polar surface area (TPSA) is 132 Å². The first kappa shape index (κ1) is 49.6. The molecule has 348 valence electrons. The standard InChI is InChI=1S/C48H87N3O7Si3/c1-29(2)61(30(3)4,31(5)6)56-38-24-33-23-37(52)36(50-51-49)27-45(33,15)34-25-39(57-59(17,18)42(8,9)10)46(16)35(41(34)38)26-40-48(46,53)32(7)47(55-40)22-21-44(14,28-54-47)58-60(19,20)43(11,12)13/h26,29-34,36,38-41,53H,21-25,27-28H2,1-20H3/t32-,33-,34+,36-,38+,39-,40+,41-,44+,45+,46-,47-,48-/m1/s1. The second kappa shape index (κ2) is 15.6. The minimum atomic E-state index is -2.43. The van der Waals surface area contributed by atoms with Gasteiger partial charge < -0.3 is 27.9 Å². The zero-order valence-corrected chi connectivity index (χ0v) is 45.1. The van der Waals surface area contributed by atoms with Gasteiger partial charge in [-0.2, -0.15) is 0 Å². The maximum absolute atomic E-state index is 14.0. The minimum absolute atomic E-state index is 0.0384. The van der Waals surface area contributed by atoms with Gasteiger partial charge in [0.05, 0.1) is 30.5 Å². The SMILES string of the molecule is CC(C)[Si](O[C@H]1C[C@H]2CC(=O)[C@H](N=[N+]=[N-])C[C@]2(C)[C@H]2C[C@@H](O[Si](C)(C)C(C)(C)C)[C@@]3(C)C(=C[C@@H]4O[C@]5(CC[C@](C)(O[Si](C)(C)C(C)(C)C)CO5)[C@@H](C)[C@@]43O)[C@H]12)(C(C)C)C(C)C. The fraction of sp³-hybridized carbons (Fsp3) is 0.938.